The molecule has 1 aliphatic rings. The molecule has 7 aromatic rings. The van der Waals surface area contributed by atoms with Crippen LogP contribution in [0.2, 0.25) is 0 Å². The molecule has 0 saturated carbocycles. The minimum atomic E-state index is -4.94. The lowest BCUT2D eigenvalue weighted by Crippen LogP contribution is -2.68. The zero-order chi connectivity index (χ0) is 41.9. The number of allylic oxidation sites excluding steroid dienone is 6. The van der Waals surface area contributed by atoms with Crippen LogP contribution in [0.5, 0.6) is 0 Å². The number of Topliss-reactive ketones (excluding diaryl/α,β-unsaturated/α-hetero) is 2. The summed E-state index contributed by atoms with van der Waals surface area (Å²) in [5, 5.41) is 0. The normalized spacial score (nSPS) is 12.5. The predicted octanol–water partition coefficient (Wildman–Crippen LogP) is 7.70. The molecule has 0 unspecified atom stereocenters. The van der Waals surface area contributed by atoms with Crippen molar-refractivity contribution in [3.8, 4) is 22.6 Å². The Bertz CT molecular complexity index is 2590. The first-order valence-corrected chi connectivity index (χ1v) is 19.9. The number of carbonyl (C=O) groups excluding carboxylic acids is 2. The highest BCUT2D eigenvalue weighted by Crippen LogP contribution is 2.37. The minimum absolute atomic E-state index is 0.240. The lowest BCUT2D eigenvalue weighted by atomic mass is 9.89. The fourth-order valence-corrected chi connectivity index (χ4v) is 6.49. The van der Waals surface area contributed by atoms with Gasteiger partial charge in [-0.05, 0) is 48.1 Å². The molecule has 0 amide bonds. The molecule has 0 N–H and O–H groups in total. The highest BCUT2D eigenvalue weighted by atomic mass is 35.7. The second-order valence-corrected chi connectivity index (χ2v) is 14.1. The number of benzene rings is 6. The molecule has 8 rings (SSSR count). The van der Waals surface area contributed by atoms with Crippen molar-refractivity contribution < 1.29 is 47.6 Å². The monoisotopic (exact) mass is 810 g/mol. The number of ketones is 2. The van der Waals surface area contributed by atoms with Gasteiger partial charge in [0, 0.05) is 39.0 Å². The van der Waals surface area contributed by atoms with Crippen molar-refractivity contribution in [3.63, 3.8) is 0 Å². The number of carbonyl (C=O) groups is 2. The Kier molecular flexibility index (Phi) is 12.9. The molecule has 0 fully saturated rings. The predicted molar refractivity (Wildman–Crippen MR) is 220 cm³/mol. The summed E-state index contributed by atoms with van der Waals surface area (Å²) in [6, 6.07) is 61.2. The van der Waals surface area contributed by atoms with E-state index in [-0.39, 0.29) is 11.6 Å². The van der Waals surface area contributed by atoms with Gasteiger partial charge in [0.05, 0.1) is 23.3 Å². The van der Waals surface area contributed by atoms with E-state index in [0.29, 0.717) is 56.4 Å². The molecule has 294 valence electrons. The molecule has 0 spiro atoms. The highest BCUT2D eigenvalue weighted by Gasteiger charge is 2.27. The van der Waals surface area contributed by atoms with Crippen molar-refractivity contribution in [3.05, 3.63) is 251 Å². The third-order valence-corrected chi connectivity index (χ3v) is 9.29. The Labute approximate surface area is 349 Å². The third kappa shape index (κ3) is 10.6. The van der Waals surface area contributed by atoms with Gasteiger partial charge in [-0.25, -0.2) is 23.1 Å². The second-order valence-electron chi connectivity index (χ2n) is 13.4. The molecule has 1 aromatic heterocycles. The fourth-order valence-electron chi connectivity index (χ4n) is 6.49. The first-order valence-electron chi connectivity index (χ1n) is 18.7. The summed E-state index contributed by atoms with van der Waals surface area (Å²) < 4.78 is 47.0. The average Bonchev–Trinajstić information content (AvgIpc) is 3.30. The van der Waals surface area contributed by atoms with E-state index in [2.05, 4.69) is 0 Å². The molecule has 60 heavy (non-hydrogen) atoms. The Morgan fingerprint density at radius 2 is 0.783 bits per heavy atom. The molecule has 0 aliphatic carbocycles. The quantitative estimate of drug-likeness (QED) is 0.0776. The van der Waals surface area contributed by atoms with Gasteiger partial charge in [-0.1, -0.05) is 158 Å². The van der Waals surface area contributed by atoms with E-state index in [0.717, 1.165) is 22.3 Å². The van der Waals surface area contributed by atoms with Crippen LogP contribution in [0.15, 0.2) is 228 Å². The van der Waals surface area contributed by atoms with Crippen molar-refractivity contribution in [1.29, 1.82) is 0 Å². The van der Waals surface area contributed by atoms with Gasteiger partial charge in [-0.15, -0.1) is 10.2 Å². The van der Waals surface area contributed by atoms with Crippen LogP contribution in [0.25, 0.3) is 39.7 Å². The fraction of sp³-hybridized carbons (Fsp3) is 0. The van der Waals surface area contributed by atoms with Crippen LogP contribution in [-0.4, -0.2) is 11.6 Å². The van der Waals surface area contributed by atoms with E-state index in [1.807, 2.05) is 182 Å². The molecule has 1 aliphatic heterocycles. The summed E-state index contributed by atoms with van der Waals surface area (Å²) in [5.41, 5.74) is 6.24. The zero-order valence-corrected chi connectivity index (χ0v) is 32.6. The van der Waals surface area contributed by atoms with E-state index in [1.165, 1.54) is 0 Å². The number of hydrogen-bond acceptors (Lipinski definition) is 7. The average molecular weight is 811 g/mol. The van der Waals surface area contributed by atoms with E-state index < -0.39 is 10.2 Å². The van der Waals surface area contributed by atoms with Gasteiger partial charge in [0.1, 0.15) is 11.5 Å². The summed E-state index contributed by atoms with van der Waals surface area (Å²) in [6.07, 6.45) is 5.50. The Morgan fingerprint density at radius 1 is 0.450 bits per heavy atom. The molecule has 6 aromatic carbocycles. The van der Waals surface area contributed by atoms with Crippen molar-refractivity contribution in [2.45, 2.75) is 0 Å². The van der Waals surface area contributed by atoms with E-state index in [4.69, 9.17) is 27.8 Å². The number of hydrogen-bond donors (Lipinski definition) is 0. The molecule has 2 heterocycles. The van der Waals surface area contributed by atoms with Gasteiger partial charge in [-0.3, -0.25) is 9.59 Å². The lowest BCUT2D eigenvalue weighted by Gasteiger charge is -2.20. The minimum Gasteiger partial charge on any atom is -0.456 e. The third-order valence-electron chi connectivity index (χ3n) is 9.29. The lowest BCUT2D eigenvalue weighted by molar-refractivity contribution is -2.00. The van der Waals surface area contributed by atoms with Crippen molar-refractivity contribution >= 4 is 28.7 Å². The maximum atomic E-state index is 14.9. The van der Waals surface area contributed by atoms with Crippen molar-refractivity contribution in [1.82, 2.24) is 0 Å². The van der Waals surface area contributed by atoms with Gasteiger partial charge < -0.3 is 4.74 Å². The molecule has 0 radical (unpaired) electrons. The van der Waals surface area contributed by atoms with Crippen LogP contribution in [0.3, 0.4) is 0 Å². The standard InChI is InChI=1S/C51H35O4.ClHO4/c52-50(40-27-15-5-16-28-40)44(42-31-46(36-19-7-1-8-20-36)54-47(32-42)37-21-9-2-10-22-37)35-45(51(53)41-29-17-6-18-30-41)43-33-48(38-23-11-3-12-24-38)55-49(34-43)39-25-13-4-14-26-39;2-1(3,4)5/h1-35H;(H,2,3,4,5)/q+1;/p-1. The Morgan fingerprint density at radius 3 is 1.17 bits per heavy atom. The molecule has 0 saturated heterocycles. The molecular weight excluding hydrogens is 776 g/mol. The maximum Gasteiger partial charge on any atom is 0.361 e. The smallest absolute Gasteiger partial charge is 0.361 e. The van der Waals surface area contributed by atoms with Crippen LogP contribution < -0.4 is 18.6 Å². The summed E-state index contributed by atoms with van der Waals surface area (Å²) in [6.45, 7) is 0. The number of rotatable bonds is 10. The van der Waals surface area contributed by atoms with Gasteiger partial charge in [-0.2, -0.15) is 0 Å². The van der Waals surface area contributed by atoms with Gasteiger partial charge in [0.15, 0.2) is 11.6 Å². The molecule has 9 heteroatoms. The van der Waals surface area contributed by atoms with Gasteiger partial charge >= 0.3 is 11.5 Å². The summed E-state index contributed by atoms with van der Waals surface area (Å²) >= 11 is 0. The van der Waals surface area contributed by atoms with Crippen LogP contribution in [0.4, 0.5) is 0 Å². The van der Waals surface area contributed by atoms with E-state index >= 15 is 0 Å². The SMILES string of the molecule is O=C(C(/C=C(\C(=O)c1ccccc1)c1cc(-c2ccccc2)[o+]c(-c2ccccc2)c1)=C1C=C(c2ccccc2)OC(c2ccccc2)=C1)c1ccccc1.[O-][Cl+3]([O-])([O-])[O-]. The van der Waals surface area contributed by atoms with Gasteiger partial charge in [0.2, 0.25) is 0 Å². The van der Waals surface area contributed by atoms with Crippen molar-refractivity contribution in [2.24, 2.45) is 0 Å². The molecule has 0 atom stereocenters. The molecule has 8 nitrogen and oxygen atoms in total. The van der Waals surface area contributed by atoms with Crippen LogP contribution >= 0.6 is 0 Å². The largest absolute Gasteiger partial charge is 0.456 e. The molecular formula is C51H35ClO8. The Hall–Kier alpha value is -7.30. The summed E-state index contributed by atoms with van der Waals surface area (Å²) in [4.78, 5) is 29.8. The number of halogens is 1. The van der Waals surface area contributed by atoms with Crippen LogP contribution in [-0.2, 0) is 4.74 Å². The van der Waals surface area contributed by atoms with Gasteiger partial charge in [0.25, 0.3) is 0 Å². The summed E-state index contributed by atoms with van der Waals surface area (Å²) in [5.74, 6) is 1.84. The van der Waals surface area contributed by atoms with Crippen LogP contribution in [0.1, 0.15) is 37.4 Å². The van der Waals surface area contributed by atoms with Crippen LogP contribution in [0, 0.1) is 10.2 Å². The first kappa shape index (κ1) is 40.9. The second kappa shape index (κ2) is 19.0. The summed E-state index contributed by atoms with van der Waals surface area (Å²) in [7, 11) is -4.94. The van der Waals surface area contributed by atoms with Crippen molar-refractivity contribution in [2.75, 3.05) is 0 Å². The van der Waals surface area contributed by atoms with E-state index in [9.17, 15) is 9.59 Å². The first-order chi connectivity index (χ1) is 29.1. The maximum absolute atomic E-state index is 14.9. The zero-order valence-electron chi connectivity index (χ0n) is 31.9. The topological polar surface area (TPSA) is 147 Å². The van der Waals surface area contributed by atoms with E-state index in [1.54, 1.807) is 30.3 Å². The number of ether oxygens (including phenoxy) is 1. The highest BCUT2D eigenvalue weighted by molar-refractivity contribution is 6.31. The molecule has 0 bridgehead atoms. The Balaban J connectivity index is 0.00000103.